The number of urea groups is 1. The van der Waals surface area contributed by atoms with Crippen LogP contribution in [0.5, 0.6) is 0 Å². The van der Waals surface area contributed by atoms with Gasteiger partial charge >= 0.3 is 12.0 Å². The third kappa shape index (κ3) is 4.29. The van der Waals surface area contributed by atoms with Gasteiger partial charge in [-0.3, -0.25) is 4.21 Å². The first-order chi connectivity index (χ1) is 10.1. The first-order valence-corrected chi connectivity index (χ1v) is 8.25. The second-order valence-corrected chi connectivity index (χ2v) is 6.48. The Labute approximate surface area is 125 Å². The van der Waals surface area contributed by atoms with Crippen LogP contribution in [0.1, 0.15) is 15.9 Å². The molecule has 0 bridgehead atoms. The lowest BCUT2D eigenvalue weighted by molar-refractivity contribution is 0.0695. The minimum absolute atomic E-state index is 0.181. The molecule has 1 heterocycles. The van der Waals surface area contributed by atoms with Gasteiger partial charge in [0.2, 0.25) is 0 Å². The molecule has 1 aliphatic rings. The Morgan fingerprint density at radius 2 is 1.90 bits per heavy atom. The number of carboxylic acids is 1. The smallest absolute Gasteiger partial charge is 0.335 e. The van der Waals surface area contributed by atoms with Crippen LogP contribution in [-0.4, -0.2) is 57.4 Å². The predicted octanol–water partition coefficient (Wildman–Crippen LogP) is 0.701. The summed E-state index contributed by atoms with van der Waals surface area (Å²) in [5.74, 6) is 0.0836. The van der Waals surface area contributed by atoms with Crippen molar-refractivity contribution in [3.63, 3.8) is 0 Å². The highest BCUT2D eigenvalue weighted by molar-refractivity contribution is 7.85. The lowest BCUT2D eigenvalue weighted by Crippen LogP contribution is -2.47. The van der Waals surface area contributed by atoms with Crippen LogP contribution in [0.2, 0.25) is 0 Å². The van der Waals surface area contributed by atoms with Gasteiger partial charge in [-0.25, -0.2) is 9.59 Å². The van der Waals surface area contributed by atoms with E-state index in [0.29, 0.717) is 43.1 Å². The fraction of sp³-hybridized carbons (Fsp3) is 0.429. The first kappa shape index (κ1) is 15.5. The Kier molecular flexibility index (Phi) is 5.32. The summed E-state index contributed by atoms with van der Waals surface area (Å²) >= 11 is 0. The van der Waals surface area contributed by atoms with Crippen LogP contribution in [0.4, 0.5) is 4.79 Å². The van der Waals surface area contributed by atoms with Gasteiger partial charge < -0.3 is 15.3 Å². The minimum Gasteiger partial charge on any atom is -0.478 e. The van der Waals surface area contributed by atoms with Crippen LogP contribution >= 0.6 is 0 Å². The van der Waals surface area contributed by atoms with E-state index in [4.69, 9.17) is 5.11 Å². The predicted molar refractivity (Wildman–Crippen MR) is 80.0 cm³/mol. The topological polar surface area (TPSA) is 86.7 Å². The van der Waals surface area contributed by atoms with Crippen molar-refractivity contribution in [2.45, 2.75) is 6.42 Å². The van der Waals surface area contributed by atoms with E-state index in [0.717, 1.165) is 0 Å². The van der Waals surface area contributed by atoms with Crippen molar-refractivity contribution in [3.05, 3.63) is 35.4 Å². The van der Waals surface area contributed by atoms with Crippen LogP contribution in [-0.2, 0) is 17.2 Å². The largest absolute Gasteiger partial charge is 0.478 e. The van der Waals surface area contributed by atoms with Crippen LogP contribution in [0.3, 0.4) is 0 Å². The van der Waals surface area contributed by atoms with Crippen molar-refractivity contribution in [2.24, 2.45) is 0 Å². The molecular weight excluding hydrogens is 292 g/mol. The minimum atomic E-state index is -0.963. The maximum Gasteiger partial charge on any atom is 0.335 e. The molecule has 0 atom stereocenters. The zero-order valence-electron chi connectivity index (χ0n) is 11.6. The summed E-state index contributed by atoms with van der Waals surface area (Å²) in [4.78, 5) is 24.6. The van der Waals surface area contributed by atoms with E-state index in [9.17, 15) is 13.8 Å². The number of hydrogen-bond acceptors (Lipinski definition) is 3. The van der Waals surface area contributed by atoms with Crippen molar-refractivity contribution < 1.29 is 18.9 Å². The molecule has 1 fully saturated rings. The summed E-state index contributed by atoms with van der Waals surface area (Å²) < 4.78 is 11.2. The summed E-state index contributed by atoms with van der Waals surface area (Å²) in [5.41, 5.74) is 0.963. The zero-order valence-corrected chi connectivity index (χ0v) is 12.4. The zero-order chi connectivity index (χ0) is 15.2. The summed E-state index contributed by atoms with van der Waals surface area (Å²) in [6.45, 7) is 1.39. The summed E-state index contributed by atoms with van der Waals surface area (Å²) in [6, 6.07) is 6.58. The number of nitrogens with zero attached hydrogens (tertiary/aromatic N) is 1. The molecule has 114 valence electrons. The van der Waals surface area contributed by atoms with Crippen LogP contribution in [0, 0.1) is 0 Å². The van der Waals surface area contributed by atoms with E-state index < -0.39 is 16.8 Å². The second kappa shape index (κ2) is 7.21. The molecule has 1 aromatic carbocycles. The number of hydrogen-bond donors (Lipinski definition) is 2. The number of amides is 2. The molecule has 21 heavy (non-hydrogen) atoms. The molecule has 0 spiro atoms. The van der Waals surface area contributed by atoms with E-state index in [-0.39, 0.29) is 11.6 Å². The maximum absolute atomic E-state index is 11.9. The molecule has 1 aliphatic heterocycles. The number of aromatic carboxylic acids is 1. The highest BCUT2D eigenvalue weighted by atomic mass is 32.2. The quantitative estimate of drug-likeness (QED) is 0.857. The van der Waals surface area contributed by atoms with Gasteiger partial charge in [-0.1, -0.05) is 18.2 Å². The molecule has 2 rings (SSSR count). The lowest BCUT2D eigenvalue weighted by atomic mass is 10.0. The highest BCUT2D eigenvalue weighted by Gasteiger charge is 2.19. The van der Waals surface area contributed by atoms with Crippen molar-refractivity contribution in [1.29, 1.82) is 0 Å². The van der Waals surface area contributed by atoms with Crippen LogP contribution < -0.4 is 5.32 Å². The van der Waals surface area contributed by atoms with Crippen molar-refractivity contribution in [2.75, 3.05) is 31.1 Å². The Morgan fingerprint density at radius 1 is 1.24 bits per heavy atom. The lowest BCUT2D eigenvalue weighted by Gasteiger charge is -2.26. The molecule has 1 saturated heterocycles. The summed E-state index contributed by atoms with van der Waals surface area (Å²) in [5, 5.41) is 11.9. The summed E-state index contributed by atoms with van der Waals surface area (Å²) in [7, 11) is -0.808. The Morgan fingerprint density at radius 3 is 2.57 bits per heavy atom. The molecule has 0 saturated carbocycles. The Balaban J connectivity index is 1.83. The first-order valence-electron chi connectivity index (χ1n) is 6.77. The number of rotatable bonds is 4. The SMILES string of the molecule is O=C(O)c1ccccc1CCNC(=O)N1CCS(=O)CC1. The molecular formula is C14H18N2O4S. The molecule has 0 radical (unpaired) electrons. The van der Waals surface area contributed by atoms with Gasteiger partial charge in [-0.2, -0.15) is 0 Å². The Bertz CT molecular complexity index is 552. The number of carbonyl (C=O) groups excluding carboxylic acids is 1. The van der Waals surface area contributed by atoms with Crippen molar-refractivity contribution in [1.82, 2.24) is 10.2 Å². The maximum atomic E-state index is 11.9. The van der Waals surface area contributed by atoms with Crippen molar-refractivity contribution in [3.8, 4) is 0 Å². The van der Waals surface area contributed by atoms with Gasteiger partial charge in [0.15, 0.2) is 0 Å². The van der Waals surface area contributed by atoms with Gasteiger partial charge in [-0.05, 0) is 18.1 Å². The van der Waals surface area contributed by atoms with Gasteiger partial charge in [0.1, 0.15) is 0 Å². The third-order valence-corrected chi connectivity index (χ3v) is 4.66. The molecule has 2 amide bonds. The fourth-order valence-corrected chi connectivity index (χ4v) is 3.26. The number of nitrogens with one attached hydrogen (secondary N) is 1. The molecule has 7 heteroatoms. The van der Waals surface area contributed by atoms with E-state index in [1.54, 1.807) is 29.2 Å². The molecule has 2 N–H and O–H groups in total. The molecule has 1 aromatic rings. The molecule has 0 unspecified atom stereocenters. The monoisotopic (exact) mass is 310 g/mol. The van der Waals surface area contributed by atoms with Crippen LogP contribution in [0.15, 0.2) is 24.3 Å². The van der Waals surface area contributed by atoms with Crippen LogP contribution in [0.25, 0.3) is 0 Å². The van der Waals surface area contributed by atoms with E-state index >= 15 is 0 Å². The van der Waals surface area contributed by atoms with Gasteiger partial charge in [0.25, 0.3) is 0 Å². The van der Waals surface area contributed by atoms with Gasteiger partial charge in [0.05, 0.1) is 5.56 Å². The second-order valence-electron chi connectivity index (χ2n) is 4.78. The van der Waals surface area contributed by atoms with Gasteiger partial charge in [0, 0.05) is 41.9 Å². The third-order valence-electron chi connectivity index (χ3n) is 3.38. The van der Waals surface area contributed by atoms with E-state index in [2.05, 4.69) is 5.32 Å². The average Bonchev–Trinajstić information content (AvgIpc) is 2.48. The Hall–Kier alpha value is -1.89. The fourth-order valence-electron chi connectivity index (χ4n) is 2.20. The summed E-state index contributed by atoms with van der Waals surface area (Å²) in [6.07, 6.45) is 0.466. The molecule has 6 nitrogen and oxygen atoms in total. The highest BCUT2D eigenvalue weighted by Crippen LogP contribution is 2.09. The standard InChI is InChI=1S/C14H18N2O4S/c17-13(18)12-4-2-1-3-11(12)5-6-15-14(19)16-7-9-21(20)10-8-16/h1-4H,5-10H2,(H,15,19)(H,17,18). The number of benzene rings is 1. The van der Waals surface area contributed by atoms with Crippen molar-refractivity contribution >= 4 is 22.8 Å². The average molecular weight is 310 g/mol. The normalized spacial score (nSPS) is 15.7. The number of carbonyl (C=O) groups is 2. The molecule has 0 aromatic heterocycles. The number of carboxylic acid groups (broad SMARTS) is 1. The van der Waals surface area contributed by atoms with Gasteiger partial charge in [-0.15, -0.1) is 0 Å². The van der Waals surface area contributed by atoms with E-state index in [1.165, 1.54) is 0 Å². The van der Waals surface area contributed by atoms with E-state index in [1.807, 2.05) is 0 Å². The molecule has 0 aliphatic carbocycles.